The van der Waals surface area contributed by atoms with Crippen molar-refractivity contribution in [2.24, 2.45) is 23.5 Å². The lowest BCUT2D eigenvalue weighted by atomic mass is 9.52. The Morgan fingerprint density at radius 3 is 2.53 bits per heavy atom. The zero-order valence-corrected chi connectivity index (χ0v) is 19.8. The number of nitrogens with two attached hydrogens (primary N) is 1. The van der Waals surface area contributed by atoms with Gasteiger partial charge in [-0.05, 0) is 68.9 Å². The van der Waals surface area contributed by atoms with E-state index in [0.717, 1.165) is 37.9 Å². The fourth-order valence-electron chi connectivity index (χ4n) is 7.06. The molecule has 1 aliphatic heterocycles. The minimum absolute atomic E-state index is 0.0299. The Kier molecular flexibility index (Phi) is 6.00. The molecule has 5 aliphatic rings. The fraction of sp³-hybridized carbons (Fsp3) is 0.680. The molecule has 0 spiro atoms. The number of nitrogens with one attached hydrogen (secondary N) is 1. The highest BCUT2D eigenvalue weighted by Gasteiger charge is 2.55. The third-order valence-corrected chi connectivity index (χ3v) is 8.37. The number of hydrogen-bond donors (Lipinski definition) is 3. The molecule has 9 nitrogen and oxygen atoms in total. The molecule has 4 N–H and O–H groups in total. The number of amides is 3. The van der Waals surface area contributed by atoms with Crippen LogP contribution in [0, 0.1) is 17.8 Å². The molecule has 2 heterocycles. The quantitative estimate of drug-likeness (QED) is 0.571. The molecule has 6 rings (SSSR count). The van der Waals surface area contributed by atoms with Crippen molar-refractivity contribution in [1.82, 2.24) is 15.2 Å². The molecule has 1 saturated heterocycles. The first-order valence-electron chi connectivity index (χ1n) is 12.5. The van der Waals surface area contributed by atoms with E-state index in [0.29, 0.717) is 43.1 Å². The number of pyridine rings is 1. The summed E-state index contributed by atoms with van der Waals surface area (Å²) >= 11 is 0. The van der Waals surface area contributed by atoms with Gasteiger partial charge in [-0.1, -0.05) is 6.07 Å². The second-order valence-corrected chi connectivity index (χ2v) is 10.9. The molecule has 0 aromatic carbocycles. The molecule has 4 saturated carbocycles. The second kappa shape index (κ2) is 8.83. The number of rotatable bonds is 6. The zero-order valence-electron chi connectivity index (χ0n) is 19.8. The van der Waals surface area contributed by atoms with E-state index in [1.54, 1.807) is 11.0 Å². The topological polar surface area (TPSA) is 129 Å². The van der Waals surface area contributed by atoms with Crippen molar-refractivity contribution in [3.05, 3.63) is 23.9 Å². The molecule has 4 bridgehead atoms. The molecule has 1 aromatic rings. The van der Waals surface area contributed by atoms with E-state index in [9.17, 15) is 19.5 Å². The van der Waals surface area contributed by atoms with Gasteiger partial charge in [0.1, 0.15) is 11.5 Å². The van der Waals surface area contributed by atoms with Crippen molar-refractivity contribution in [2.75, 3.05) is 24.5 Å². The van der Waals surface area contributed by atoms with Crippen LogP contribution in [0.4, 0.5) is 5.82 Å². The molecule has 34 heavy (non-hydrogen) atoms. The van der Waals surface area contributed by atoms with Crippen LogP contribution in [0.5, 0.6) is 0 Å². The number of carbonyl (C=O) groups is 3. The highest BCUT2D eigenvalue weighted by Crippen LogP contribution is 2.55. The first-order valence-corrected chi connectivity index (χ1v) is 12.5. The normalized spacial score (nSPS) is 34.2. The van der Waals surface area contributed by atoms with E-state index in [-0.39, 0.29) is 36.7 Å². The standard InChI is InChI=1S/C25H35N5O4/c1-15-14-29(22(32)6-5-20(26)31)7-8-30(15)21-4-2-3-19(27-21)24(33)28-23-17-9-16-10-18(23)13-25(34,11-16)12-17/h2-4,15-18,23,34H,5-14H2,1H3,(H2,26,31)(H,28,33)/t15-,16?,17?,18?,23-,25-/m1/s1. The van der Waals surface area contributed by atoms with Gasteiger partial charge in [0, 0.05) is 44.6 Å². The van der Waals surface area contributed by atoms with Crippen LogP contribution >= 0.6 is 0 Å². The molecular formula is C25H35N5O4. The van der Waals surface area contributed by atoms with E-state index < -0.39 is 11.5 Å². The number of hydrogen-bond acceptors (Lipinski definition) is 6. The van der Waals surface area contributed by atoms with Crippen LogP contribution in [0.2, 0.25) is 0 Å². The summed E-state index contributed by atoms with van der Waals surface area (Å²) in [6.07, 6.45) is 4.89. The lowest BCUT2D eigenvalue weighted by Gasteiger charge is -2.58. The fourth-order valence-corrected chi connectivity index (χ4v) is 7.06. The molecule has 3 amide bonds. The maximum absolute atomic E-state index is 13.2. The van der Waals surface area contributed by atoms with Crippen molar-refractivity contribution in [2.45, 2.75) is 69.6 Å². The predicted octanol–water partition coefficient (Wildman–Crippen LogP) is 1.05. The highest BCUT2D eigenvalue weighted by atomic mass is 16.3. The third-order valence-electron chi connectivity index (χ3n) is 8.37. The van der Waals surface area contributed by atoms with Crippen LogP contribution in [-0.4, -0.2) is 70.0 Å². The van der Waals surface area contributed by atoms with E-state index >= 15 is 0 Å². The first-order chi connectivity index (χ1) is 16.2. The molecule has 9 heteroatoms. The smallest absolute Gasteiger partial charge is 0.270 e. The summed E-state index contributed by atoms with van der Waals surface area (Å²) in [5, 5.41) is 14.1. The Balaban J connectivity index is 1.21. The summed E-state index contributed by atoms with van der Waals surface area (Å²) in [5.74, 6) is 1.34. The van der Waals surface area contributed by atoms with Gasteiger partial charge in [-0.25, -0.2) is 4.98 Å². The number of aromatic nitrogens is 1. The number of aliphatic hydroxyl groups is 1. The van der Waals surface area contributed by atoms with Crippen molar-refractivity contribution < 1.29 is 19.5 Å². The average Bonchev–Trinajstić information content (AvgIpc) is 2.78. The highest BCUT2D eigenvalue weighted by molar-refractivity contribution is 5.93. The van der Waals surface area contributed by atoms with Gasteiger partial charge >= 0.3 is 0 Å². The largest absolute Gasteiger partial charge is 0.390 e. The Labute approximate surface area is 200 Å². The second-order valence-electron chi connectivity index (χ2n) is 10.9. The van der Waals surface area contributed by atoms with Gasteiger partial charge in [0.25, 0.3) is 5.91 Å². The molecule has 0 radical (unpaired) electrons. The lowest BCUT2D eigenvalue weighted by molar-refractivity contribution is -0.137. The summed E-state index contributed by atoms with van der Waals surface area (Å²) in [6, 6.07) is 5.65. The molecule has 1 aromatic heterocycles. The summed E-state index contributed by atoms with van der Waals surface area (Å²) in [7, 11) is 0. The first kappa shape index (κ1) is 23.1. The van der Waals surface area contributed by atoms with Crippen LogP contribution in [0.25, 0.3) is 0 Å². The van der Waals surface area contributed by atoms with E-state index in [1.807, 2.05) is 19.1 Å². The summed E-state index contributed by atoms with van der Waals surface area (Å²) in [4.78, 5) is 45.1. The summed E-state index contributed by atoms with van der Waals surface area (Å²) < 4.78 is 0. The Morgan fingerprint density at radius 2 is 1.88 bits per heavy atom. The third kappa shape index (κ3) is 4.50. The number of piperazine rings is 1. The summed E-state index contributed by atoms with van der Waals surface area (Å²) in [6.45, 7) is 3.70. The Morgan fingerprint density at radius 1 is 1.15 bits per heavy atom. The van der Waals surface area contributed by atoms with Crippen molar-refractivity contribution >= 4 is 23.5 Å². The summed E-state index contributed by atoms with van der Waals surface area (Å²) in [5.41, 5.74) is 5.05. The number of primary amides is 1. The Hall–Kier alpha value is -2.68. The number of carbonyl (C=O) groups excluding carboxylic acids is 3. The minimum atomic E-state index is -0.518. The molecular weight excluding hydrogens is 434 g/mol. The Bertz CT molecular complexity index is 968. The maximum Gasteiger partial charge on any atom is 0.270 e. The van der Waals surface area contributed by atoms with Gasteiger partial charge in [-0.2, -0.15) is 0 Å². The van der Waals surface area contributed by atoms with Gasteiger partial charge in [0.2, 0.25) is 11.8 Å². The van der Waals surface area contributed by atoms with Gasteiger partial charge in [-0.15, -0.1) is 0 Å². The van der Waals surface area contributed by atoms with Crippen molar-refractivity contribution in [1.29, 1.82) is 0 Å². The zero-order chi connectivity index (χ0) is 24.0. The van der Waals surface area contributed by atoms with Crippen LogP contribution in [0.3, 0.4) is 0 Å². The number of anilines is 1. The van der Waals surface area contributed by atoms with Crippen LogP contribution in [0.15, 0.2) is 18.2 Å². The maximum atomic E-state index is 13.2. The van der Waals surface area contributed by atoms with Gasteiger partial charge < -0.3 is 26.0 Å². The lowest BCUT2D eigenvalue weighted by Crippen LogP contribution is -2.61. The molecule has 3 atom stereocenters. The van der Waals surface area contributed by atoms with Crippen LogP contribution < -0.4 is 16.0 Å². The van der Waals surface area contributed by atoms with Crippen LogP contribution in [0.1, 0.15) is 62.4 Å². The van der Waals surface area contributed by atoms with Crippen molar-refractivity contribution in [3.8, 4) is 0 Å². The van der Waals surface area contributed by atoms with Crippen LogP contribution in [-0.2, 0) is 9.59 Å². The van der Waals surface area contributed by atoms with E-state index in [4.69, 9.17) is 5.73 Å². The molecule has 5 fully saturated rings. The number of nitrogens with zero attached hydrogens (tertiary/aromatic N) is 3. The monoisotopic (exact) mass is 469 g/mol. The van der Waals surface area contributed by atoms with E-state index in [2.05, 4.69) is 15.2 Å². The average molecular weight is 470 g/mol. The molecule has 2 unspecified atom stereocenters. The molecule has 4 aliphatic carbocycles. The minimum Gasteiger partial charge on any atom is -0.390 e. The van der Waals surface area contributed by atoms with E-state index in [1.165, 1.54) is 0 Å². The SMILES string of the molecule is C[C@@H]1CN(C(=O)CCC(N)=O)CCN1c1cccc(C(=O)N[C@H]2C3CC4CC2C[C@](O)(C4)C3)n1. The molecule has 184 valence electrons. The van der Waals surface area contributed by atoms with Gasteiger partial charge in [0.05, 0.1) is 5.60 Å². The predicted molar refractivity (Wildman–Crippen MR) is 126 cm³/mol. The van der Waals surface area contributed by atoms with Gasteiger partial charge in [-0.3, -0.25) is 14.4 Å². The van der Waals surface area contributed by atoms with Gasteiger partial charge in [0.15, 0.2) is 0 Å². The van der Waals surface area contributed by atoms with Crippen molar-refractivity contribution in [3.63, 3.8) is 0 Å².